The summed E-state index contributed by atoms with van der Waals surface area (Å²) in [6.45, 7) is 0. The number of benzene rings is 1. The van der Waals surface area contributed by atoms with Crippen LogP contribution in [0.15, 0.2) is 12.1 Å². The van der Waals surface area contributed by atoms with Crippen LogP contribution < -0.4 is 9.47 Å². The van der Waals surface area contributed by atoms with Gasteiger partial charge in [0.15, 0.2) is 0 Å². The molecular weight excluding hydrogens is 232 g/mol. The fourth-order valence-electron chi connectivity index (χ4n) is 1.32. The molecule has 16 heavy (non-hydrogen) atoms. The summed E-state index contributed by atoms with van der Waals surface area (Å²) in [4.78, 5) is 10.5. The summed E-state index contributed by atoms with van der Waals surface area (Å²) in [5.74, 6) is 0.135. The molecule has 0 atom stereocenters. The van der Waals surface area contributed by atoms with E-state index in [-0.39, 0.29) is 6.42 Å². The second-order valence-electron chi connectivity index (χ2n) is 3.21. The highest BCUT2D eigenvalue weighted by Gasteiger charge is 2.10. The van der Waals surface area contributed by atoms with Gasteiger partial charge in [-0.15, -0.1) is 0 Å². The summed E-state index contributed by atoms with van der Waals surface area (Å²) in [6.07, 6.45) is 0.479. The lowest BCUT2D eigenvalue weighted by atomic mass is 10.1. The highest BCUT2D eigenvalue weighted by Crippen LogP contribution is 2.35. The van der Waals surface area contributed by atoms with E-state index >= 15 is 0 Å². The van der Waals surface area contributed by atoms with Gasteiger partial charge in [-0.3, -0.25) is 4.79 Å². The van der Waals surface area contributed by atoms with E-state index in [9.17, 15) is 4.79 Å². The number of halogens is 1. The van der Waals surface area contributed by atoms with Gasteiger partial charge in [-0.2, -0.15) is 0 Å². The SMILES string of the molecule is COc1cc(CCC(=O)O)cc(OC)c1Cl. The monoisotopic (exact) mass is 244 g/mol. The third-order valence-corrected chi connectivity index (χ3v) is 2.51. The van der Waals surface area contributed by atoms with E-state index in [1.807, 2.05) is 0 Å². The van der Waals surface area contributed by atoms with E-state index in [1.54, 1.807) is 12.1 Å². The molecule has 0 unspecified atom stereocenters. The molecule has 0 aliphatic rings. The topological polar surface area (TPSA) is 55.8 Å². The molecule has 1 aromatic carbocycles. The first-order chi connectivity index (χ1) is 7.58. The molecule has 0 spiro atoms. The minimum absolute atomic E-state index is 0.0634. The lowest BCUT2D eigenvalue weighted by molar-refractivity contribution is -0.136. The number of hydrogen-bond donors (Lipinski definition) is 1. The van der Waals surface area contributed by atoms with Crippen molar-refractivity contribution < 1.29 is 19.4 Å². The fourth-order valence-corrected chi connectivity index (χ4v) is 1.58. The molecule has 1 N–H and O–H groups in total. The summed E-state index contributed by atoms with van der Waals surface area (Å²) >= 11 is 5.98. The van der Waals surface area contributed by atoms with Gasteiger partial charge in [0.1, 0.15) is 16.5 Å². The molecule has 1 rings (SSSR count). The smallest absolute Gasteiger partial charge is 0.303 e. The standard InChI is InChI=1S/C11H13ClO4/c1-15-8-5-7(3-4-10(13)14)6-9(16-2)11(8)12/h5-6H,3-4H2,1-2H3,(H,13,14). The van der Waals surface area contributed by atoms with E-state index < -0.39 is 5.97 Å². The van der Waals surface area contributed by atoms with Crippen LogP contribution in [0.5, 0.6) is 11.5 Å². The van der Waals surface area contributed by atoms with Gasteiger partial charge >= 0.3 is 5.97 Å². The van der Waals surface area contributed by atoms with E-state index in [4.69, 9.17) is 26.2 Å². The Balaban J connectivity index is 2.97. The zero-order valence-electron chi connectivity index (χ0n) is 9.12. The molecule has 4 nitrogen and oxygen atoms in total. The van der Waals surface area contributed by atoms with Crippen molar-refractivity contribution in [1.82, 2.24) is 0 Å². The number of hydrogen-bond acceptors (Lipinski definition) is 3. The van der Waals surface area contributed by atoms with Crippen LogP contribution in [0.1, 0.15) is 12.0 Å². The maximum absolute atomic E-state index is 10.5. The van der Waals surface area contributed by atoms with Crippen molar-refractivity contribution in [3.63, 3.8) is 0 Å². The Hall–Kier alpha value is -1.42. The van der Waals surface area contributed by atoms with Gasteiger partial charge in [0.05, 0.1) is 14.2 Å². The maximum atomic E-state index is 10.5. The normalized spacial score (nSPS) is 9.94. The predicted octanol–water partition coefficient (Wildman–Crippen LogP) is 2.37. The number of carboxylic acids is 1. The fraction of sp³-hybridized carbons (Fsp3) is 0.364. The predicted molar refractivity (Wildman–Crippen MR) is 60.5 cm³/mol. The van der Waals surface area contributed by atoms with Crippen molar-refractivity contribution in [1.29, 1.82) is 0 Å². The second-order valence-corrected chi connectivity index (χ2v) is 3.59. The summed E-state index contributed by atoms with van der Waals surface area (Å²) in [7, 11) is 3.00. The molecule has 0 aliphatic carbocycles. The first-order valence-corrected chi connectivity index (χ1v) is 5.08. The third-order valence-electron chi connectivity index (χ3n) is 2.13. The van der Waals surface area contributed by atoms with Crippen LogP contribution in [0, 0.1) is 0 Å². The van der Waals surface area contributed by atoms with Gasteiger partial charge in [0.2, 0.25) is 0 Å². The Morgan fingerprint density at radius 2 is 1.81 bits per heavy atom. The maximum Gasteiger partial charge on any atom is 0.303 e. The Morgan fingerprint density at radius 1 is 1.31 bits per heavy atom. The van der Waals surface area contributed by atoms with Gasteiger partial charge in [-0.05, 0) is 24.1 Å². The Morgan fingerprint density at radius 3 is 2.19 bits per heavy atom. The van der Waals surface area contributed by atoms with Crippen molar-refractivity contribution in [3.8, 4) is 11.5 Å². The lowest BCUT2D eigenvalue weighted by Crippen LogP contribution is -1.99. The number of carboxylic acid groups (broad SMARTS) is 1. The van der Waals surface area contributed by atoms with Crippen LogP contribution in [0.4, 0.5) is 0 Å². The van der Waals surface area contributed by atoms with Crippen LogP contribution in [-0.2, 0) is 11.2 Å². The average molecular weight is 245 g/mol. The zero-order valence-corrected chi connectivity index (χ0v) is 9.87. The van der Waals surface area contributed by atoms with E-state index in [0.717, 1.165) is 5.56 Å². The molecule has 0 radical (unpaired) electrons. The van der Waals surface area contributed by atoms with Crippen LogP contribution in [-0.4, -0.2) is 25.3 Å². The van der Waals surface area contributed by atoms with Crippen LogP contribution in [0.2, 0.25) is 5.02 Å². The lowest BCUT2D eigenvalue weighted by Gasteiger charge is -2.10. The third kappa shape index (κ3) is 3.03. The number of aryl methyl sites for hydroxylation is 1. The Kier molecular flexibility index (Phi) is 4.43. The van der Waals surface area contributed by atoms with E-state index in [2.05, 4.69) is 0 Å². The van der Waals surface area contributed by atoms with Crippen molar-refractivity contribution in [2.75, 3.05) is 14.2 Å². The second kappa shape index (κ2) is 5.61. The van der Waals surface area contributed by atoms with Gasteiger partial charge < -0.3 is 14.6 Å². The molecule has 0 fully saturated rings. The van der Waals surface area contributed by atoms with Crippen LogP contribution in [0.25, 0.3) is 0 Å². The molecule has 0 saturated carbocycles. The molecule has 5 heteroatoms. The summed E-state index contributed by atoms with van der Waals surface area (Å²) in [5, 5.41) is 8.99. The Bertz CT molecular complexity index is 365. The molecule has 0 saturated heterocycles. The zero-order chi connectivity index (χ0) is 12.1. The van der Waals surface area contributed by atoms with Gasteiger partial charge in [0, 0.05) is 6.42 Å². The molecule has 0 bridgehead atoms. The minimum Gasteiger partial charge on any atom is -0.495 e. The molecular formula is C11H13ClO4. The highest BCUT2D eigenvalue weighted by molar-refractivity contribution is 6.33. The van der Waals surface area contributed by atoms with Crippen molar-refractivity contribution in [2.45, 2.75) is 12.8 Å². The Labute approximate surface area is 98.7 Å². The number of ether oxygens (including phenoxy) is 2. The summed E-state index contributed by atoms with van der Waals surface area (Å²) in [6, 6.07) is 3.43. The molecule has 0 aliphatic heterocycles. The summed E-state index contributed by atoms with van der Waals surface area (Å²) in [5.41, 5.74) is 0.820. The van der Waals surface area contributed by atoms with Crippen molar-refractivity contribution >= 4 is 17.6 Å². The van der Waals surface area contributed by atoms with Crippen molar-refractivity contribution in [2.24, 2.45) is 0 Å². The molecule has 0 aromatic heterocycles. The number of aliphatic carboxylic acids is 1. The van der Waals surface area contributed by atoms with Gasteiger partial charge in [-0.25, -0.2) is 0 Å². The number of carbonyl (C=O) groups is 1. The van der Waals surface area contributed by atoms with Gasteiger partial charge in [-0.1, -0.05) is 11.6 Å². The molecule has 0 amide bonds. The number of rotatable bonds is 5. The van der Waals surface area contributed by atoms with E-state index in [0.29, 0.717) is 22.9 Å². The molecule has 0 heterocycles. The first kappa shape index (κ1) is 12.6. The van der Waals surface area contributed by atoms with Crippen LogP contribution in [0.3, 0.4) is 0 Å². The first-order valence-electron chi connectivity index (χ1n) is 4.70. The number of methoxy groups -OCH3 is 2. The van der Waals surface area contributed by atoms with Gasteiger partial charge in [0.25, 0.3) is 0 Å². The van der Waals surface area contributed by atoms with E-state index in [1.165, 1.54) is 14.2 Å². The average Bonchev–Trinajstić information content (AvgIpc) is 2.27. The minimum atomic E-state index is -0.840. The molecule has 1 aromatic rings. The highest BCUT2D eigenvalue weighted by atomic mass is 35.5. The summed E-state index contributed by atoms with van der Waals surface area (Å²) < 4.78 is 10.2. The van der Waals surface area contributed by atoms with Crippen LogP contribution >= 0.6 is 11.6 Å². The largest absolute Gasteiger partial charge is 0.495 e. The van der Waals surface area contributed by atoms with Crippen molar-refractivity contribution in [3.05, 3.63) is 22.7 Å². The quantitative estimate of drug-likeness (QED) is 0.864. The molecule has 88 valence electrons.